The predicted octanol–water partition coefficient (Wildman–Crippen LogP) is 1.65. The summed E-state index contributed by atoms with van der Waals surface area (Å²) in [5, 5.41) is 8.89. The molecular formula is C10H13N3. The Morgan fingerprint density at radius 3 is 2.31 bits per heavy atom. The van der Waals surface area contributed by atoms with E-state index in [9.17, 15) is 0 Å². The number of hydrogen-bond acceptors (Lipinski definition) is 3. The Bertz CT molecular complexity index is 361. The highest BCUT2D eigenvalue weighted by molar-refractivity contribution is 5.64. The van der Waals surface area contributed by atoms with Crippen molar-refractivity contribution in [2.45, 2.75) is 19.3 Å². The topological polar surface area (TPSA) is 75.8 Å². The monoisotopic (exact) mass is 175 g/mol. The molecule has 0 unspecified atom stereocenters. The summed E-state index contributed by atoms with van der Waals surface area (Å²) in [5.41, 5.74) is 12.7. The first-order valence-corrected chi connectivity index (χ1v) is 4.04. The van der Waals surface area contributed by atoms with E-state index in [0.29, 0.717) is 11.4 Å². The van der Waals surface area contributed by atoms with Crippen LogP contribution in [0.15, 0.2) is 18.2 Å². The summed E-state index contributed by atoms with van der Waals surface area (Å²) >= 11 is 0. The van der Waals surface area contributed by atoms with Gasteiger partial charge in [0.15, 0.2) is 0 Å². The predicted molar refractivity (Wildman–Crippen MR) is 53.9 cm³/mol. The SMILES string of the molecule is CC(C)(C#N)c1ccc(N)c(N)c1. The third kappa shape index (κ3) is 1.73. The van der Waals surface area contributed by atoms with Crippen molar-refractivity contribution in [1.82, 2.24) is 0 Å². The van der Waals surface area contributed by atoms with Gasteiger partial charge in [0.2, 0.25) is 0 Å². The van der Waals surface area contributed by atoms with E-state index in [1.165, 1.54) is 0 Å². The molecule has 4 N–H and O–H groups in total. The molecule has 1 rings (SSSR count). The van der Waals surface area contributed by atoms with Crippen molar-refractivity contribution in [3.8, 4) is 6.07 Å². The maximum atomic E-state index is 8.89. The highest BCUT2D eigenvalue weighted by Gasteiger charge is 2.19. The minimum Gasteiger partial charge on any atom is -0.397 e. The zero-order chi connectivity index (χ0) is 10.1. The molecule has 0 bridgehead atoms. The van der Waals surface area contributed by atoms with Crippen LogP contribution in [0, 0.1) is 11.3 Å². The summed E-state index contributed by atoms with van der Waals surface area (Å²) in [6.07, 6.45) is 0. The van der Waals surface area contributed by atoms with Crippen molar-refractivity contribution >= 4 is 11.4 Å². The lowest BCUT2D eigenvalue weighted by Crippen LogP contribution is -2.14. The smallest absolute Gasteiger partial charge is 0.0767 e. The Labute approximate surface area is 78.0 Å². The molecule has 13 heavy (non-hydrogen) atoms. The third-order valence-corrected chi connectivity index (χ3v) is 2.09. The van der Waals surface area contributed by atoms with E-state index in [1.54, 1.807) is 12.1 Å². The summed E-state index contributed by atoms with van der Waals surface area (Å²) in [4.78, 5) is 0. The molecule has 0 aliphatic heterocycles. The largest absolute Gasteiger partial charge is 0.397 e. The van der Waals surface area contributed by atoms with Gasteiger partial charge in [-0.05, 0) is 31.5 Å². The molecule has 0 amide bonds. The van der Waals surface area contributed by atoms with Gasteiger partial charge in [-0.2, -0.15) is 5.26 Å². The second-order valence-corrected chi connectivity index (χ2v) is 3.58. The Balaban J connectivity index is 3.20. The number of hydrogen-bond donors (Lipinski definition) is 2. The lowest BCUT2D eigenvalue weighted by molar-refractivity contribution is 0.687. The number of nitrogens with zero attached hydrogens (tertiary/aromatic N) is 1. The van der Waals surface area contributed by atoms with Crippen molar-refractivity contribution < 1.29 is 0 Å². The number of nitriles is 1. The fourth-order valence-electron chi connectivity index (χ4n) is 1.03. The molecule has 3 nitrogen and oxygen atoms in total. The maximum absolute atomic E-state index is 8.89. The molecular weight excluding hydrogens is 162 g/mol. The lowest BCUT2D eigenvalue weighted by atomic mass is 9.86. The number of nitrogens with two attached hydrogens (primary N) is 2. The number of rotatable bonds is 1. The van der Waals surface area contributed by atoms with Gasteiger partial charge in [-0.1, -0.05) is 6.07 Å². The summed E-state index contributed by atoms with van der Waals surface area (Å²) < 4.78 is 0. The van der Waals surface area contributed by atoms with Crippen LogP contribution in [0.3, 0.4) is 0 Å². The summed E-state index contributed by atoms with van der Waals surface area (Å²) in [6, 6.07) is 7.51. The van der Waals surface area contributed by atoms with Crippen molar-refractivity contribution in [2.75, 3.05) is 11.5 Å². The van der Waals surface area contributed by atoms with Crippen molar-refractivity contribution in [3.63, 3.8) is 0 Å². The quantitative estimate of drug-likeness (QED) is 0.637. The lowest BCUT2D eigenvalue weighted by Gasteiger charge is -2.16. The van der Waals surface area contributed by atoms with Crippen LogP contribution in [0.5, 0.6) is 0 Å². The normalized spacial score (nSPS) is 10.8. The summed E-state index contributed by atoms with van der Waals surface area (Å²) in [5.74, 6) is 0. The molecule has 0 atom stereocenters. The summed E-state index contributed by atoms with van der Waals surface area (Å²) in [7, 11) is 0. The van der Waals surface area contributed by atoms with Crippen LogP contribution in [-0.4, -0.2) is 0 Å². The van der Waals surface area contributed by atoms with Crippen LogP contribution in [-0.2, 0) is 5.41 Å². The number of nitrogen functional groups attached to an aromatic ring is 2. The fraction of sp³-hybridized carbons (Fsp3) is 0.300. The van der Waals surface area contributed by atoms with E-state index >= 15 is 0 Å². The Morgan fingerprint density at radius 1 is 1.23 bits per heavy atom. The van der Waals surface area contributed by atoms with E-state index in [0.717, 1.165) is 5.56 Å². The van der Waals surface area contributed by atoms with Gasteiger partial charge in [0.1, 0.15) is 0 Å². The fourth-order valence-corrected chi connectivity index (χ4v) is 1.03. The van der Waals surface area contributed by atoms with E-state index in [-0.39, 0.29) is 0 Å². The maximum Gasteiger partial charge on any atom is 0.0767 e. The Morgan fingerprint density at radius 2 is 1.85 bits per heavy atom. The van der Waals surface area contributed by atoms with Crippen LogP contribution in [0.4, 0.5) is 11.4 Å². The van der Waals surface area contributed by atoms with Crippen LogP contribution in [0.1, 0.15) is 19.4 Å². The second kappa shape index (κ2) is 2.98. The van der Waals surface area contributed by atoms with Crippen LogP contribution in [0.25, 0.3) is 0 Å². The van der Waals surface area contributed by atoms with Crippen LogP contribution in [0.2, 0.25) is 0 Å². The molecule has 0 heterocycles. The van der Waals surface area contributed by atoms with Gasteiger partial charge in [-0.15, -0.1) is 0 Å². The molecule has 68 valence electrons. The Hall–Kier alpha value is -1.69. The zero-order valence-electron chi connectivity index (χ0n) is 7.83. The standard InChI is InChI=1S/C10H13N3/c1-10(2,6-11)7-3-4-8(12)9(13)5-7/h3-5H,12-13H2,1-2H3. The average Bonchev–Trinajstić information content (AvgIpc) is 2.09. The molecule has 3 heteroatoms. The van der Waals surface area contributed by atoms with Crippen molar-refractivity contribution in [2.24, 2.45) is 0 Å². The van der Waals surface area contributed by atoms with Crippen molar-refractivity contribution in [3.05, 3.63) is 23.8 Å². The van der Waals surface area contributed by atoms with Gasteiger partial charge < -0.3 is 11.5 Å². The first-order chi connectivity index (χ1) is 5.97. The molecule has 0 aliphatic rings. The van der Waals surface area contributed by atoms with Gasteiger partial charge in [0.25, 0.3) is 0 Å². The highest BCUT2D eigenvalue weighted by atomic mass is 14.7. The molecule has 0 saturated heterocycles. The minimum absolute atomic E-state index is 0.512. The van der Waals surface area contributed by atoms with Gasteiger partial charge in [0.05, 0.1) is 22.9 Å². The first kappa shape index (κ1) is 9.40. The minimum atomic E-state index is -0.512. The molecule has 1 aromatic rings. The van der Waals surface area contributed by atoms with Crippen molar-refractivity contribution in [1.29, 1.82) is 5.26 Å². The third-order valence-electron chi connectivity index (χ3n) is 2.09. The molecule has 0 spiro atoms. The second-order valence-electron chi connectivity index (χ2n) is 3.58. The Kier molecular flexibility index (Phi) is 2.16. The van der Waals surface area contributed by atoms with Crippen LogP contribution < -0.4 is 11.5 Å². The number of benzene rings is 1. The van der Waals surface area contributed by atoms with E-state index in [2.05, 4.69) is 6.07 Å². The molecule has 0 saturated carbocycles. The van der Waals surface area contributed by atoms with Gasteiger partial charge >= 0.3 is 0 Å². The highest BCUT2D eigenvalue weighted by Crippen LogP contribution is 2.26. The zero-order valence-corrected chi connectivity index (χ0v) is 7.83. The van der Waals surface area contributed by atoms with E-state index in [4.69, 9.17) is 16.7 Å². The summed E-state index contributed by atoms with van der Waals surface area (Å²) in [6.45, 7) is 3.69. The number of anilines is 2. The molecule has 0 aromatic heterocycles. The van der Waals surface area contributed by atoms with E-state index < -0.39 is 5.41 Å². The van der Waals surface area contributed by atoms with Gasteiger partial charge in [-0.3, -0.25) is 0 Å². The first-order valence-electron chi connectivity index (χ1n) is 4.04. The molecule has 1 aromatic carbocycles. The van der Waals surface area contributed by atoms with Crippen LogP contribution >= 0.6 is 0 Å². The molecule has 0 fully saturated rings. The van der Waals surface area contributed by atoms with Gasteiger partial charge in [-0.25, -0.2) is 0 Å². The van der Waals surface area contributed by atoms with Gasteiger partial charge in [0, 0.05) is 0 Å². The van der Waals surface area contributed by atoms with E-state index in [1.807, 2.05) is 19.9 Å². The average molecular weight is 175 g/mol. The molecule has 0 radical (unpaired) electrons. The molecule has 0 aliphatic carbocycles.